The SMILES string of the molecule is CCCCC/C=C\C/C=C\C/C=C\C/C=C\CCCCCC(=O)OC(CCCCCC/C=C/C=C/CCCCC)CC(=O)NC(CO)C(O)CCCCCCCCCCCCCCC. The standard InChI is InChI=1S/C58H103NO5/c1-4-7-10-13-16-19-22-25-26-27-28-29-30-33-36-39-42-45-48-51-58(63)64-54(49-46-43-40-37-34-31-23-20-17-14-11-8-5-2)52-57(62)59-55(53-60)56(61)50-47-44-41-38-35-32-24-21-18-15-12-9-6-3/h16-17,19-20,23,25-26,28-29,31,33,36,54-56,60-61H,4-15,18,21-22,24,27,30,32,34-35,37-53H2,1-3H3,(H,59,62)/b19-16-,20-17+,26-25-,29-28-,31-23+,36-33-. The molecule has 0 rings (SSSR count). The predicted molar refractivity (Wildman–Crippen MR) is 278 cm³/mol. The zero-order chi connectivity index (χ0) is 46.7. The van der Waals surface area contributed by atoms with Gasteiger partial charge in [-0.2, -0.15) is 0 Å². The second-order valence-electron chi connectivity index (χ2n) is 18.3. The molecular weight excluding hydrogens is 791 g/mol. The van der Waals surface area contributed by atoms with Gasteiger partial charge in [0.1, 0.15) is 6.10 Å². The molecule has 3 unspecified atom stereocenters. The lowest BCUT2D eigenvalue weighted by Gasteiger charge is -2.24. The molecule has 0 saturated carbocycles. The fourth-order valence-electron chi connectivity index (χ4n) is 7.87. The van der Waals surface area contributed by atoms with E-state index in [-0.39, 0.29) is 24.9 Å². The Labute approximate surface area is 396 Å². The van der Waals surface area contributed by atoms with Crippen molar-refractivity contribution in [2.75, 3.05) is 6.61 Å². The van der Waals surface area contributed by atoms with E-state index < -0.39 is 18.2 Å². The number of amides is 1. The van der Waals surface area contributed by atoms with E-state index in [0.29, 0.717) is 19.3 Å². The van der Waals surface area contributed by atoms with E-state index in [0.717, 1.165) is 103 Å². The van der Waals surface area contributed by atoms with Crippen molar-refractivity contribution in [3.8, 4) is 0 Å². The van der Waals surface area contributed by atoms with Crippen molar-refractivity contribution in [1.29, 1.82) is 0 Å². The molecule has 6 heteroatoms. The Morgan fingerprint density at radius 1 is 0.469 bits per heavy atom. The number of carbonyl (C=O) groups excluding carboxylic acids is 2. The summed E-state index contributed by atoms with van der Waals surface area (Å²) in [5.74, 6) is -0.530. The number of nitrogens with one attached hydrogen (secondary N) is 1. The number of hydrogen-bond donors (Lipinski definition) is 3. The van der Waals surface area contributed by atoms with Crippen LogP contribution in [0.15, 0.2) is 72.9 Å². The van der Waals surface area contributed by atoms with Crippen molar-refractivity contribution in [3.63, 3.8) is 0 Å². The number of aliphatic hydroxyl groups excluding tert-OH is 2. The number of esters is 1. The van der Waals surface area contributed by atoms with Crippen molar-refractivity contribution < 1.29 is 24.5 Å². The van der Waals surface area contributed by atoms with E-state index in [2.05, 4.69) is 99.0 Å². The Morgan fingerprint density at radius 2 is 0.844 bits per heavy atom. The summed E-state index contributed by atoms with van der Waals surface area (Å²) in [6.45, 7) is 6.42. The molecule has 370 valence electrons. The first-order valence-electron chi connectivity index (χ1n) is 27.2. The van der Waals surface area contributed by atoms with E-state index in [1.165, 1.54) is 109 Å². The minimum atomic E-state index is -0.801. The fourth-order valence-corrected chi connectivity index (χ4v) is 7.87. The summed E-state index contributed by atoms with van der Waals surface area (Å²) in [4.78, 5) is 26.2. The molecule has 6 nitrogen and oxygen atoms in total. The molecule has 0 saturated heterocycles. The molecule has 0 aliphatic rings. The Bertz CT molecular complexity index is 1190. The zero-order valence-corrected chi connectivity index (χ0v) is 42.1. The lowest BCUT2D eigenvalue weighted by molar-refractivity contribution is -0.151. The van der Waals surface area contributed by atoms with Gasteiger partial charge in [-0.15, -0.1) is 0 Å². The molecule has 0 aromatic rings. The van der Waals surface area contributed by atoms with Gasteiger partial charge in [0.2, 0.25) is 5.91 Å². The predicted octanol–water partition coefficient (Wildman–Crippen LogP) is 16.6. The number of allylic oxidation sites excluding steroid dienone is 12. The van der Waals surface area contributed by atoms with Gasteiger partial charge in [-0.1, -0.05) is 222 Å². The second kappa shape index (κ2) is 51.3. The molecule has 0 bridgehead atoms. The summed E-state index contributed by atoms with van der Waals surface area (Å²) < 4.78 is 5.92. The molecule has 3 atom stereocenters. The first-order chi connectivity index (χ1) is 31.5. The molecule has 64 heavy (non-hydrogen) atoms. The summed E-state index contributed by atoms with van der Waals surface area (Å²) in [5.41, 5.74) is 0. The average molecular weight is 894 g/mol. The third-order valence-electron chi connectivity index (χ3n) is 12.0. The van der Waals surface area contributed by atoms with Crippen LogP contribution in [-0.2, 0) is 14.3 Å². The van der Waals surface area contributed by atoms with E-state index in [4.69, 9.17) is 4.74 Å². The van der Waals surface area contributed by atoms with Gasteiger partial charge < -0.3 is 20.3 Å². The molecule has 1 amide bonds. The van der Waals surface area contributed by atoms with Crippen LogP contribution in [0.4, 0.5) is 0 Å². The number of hydrogen-bond acceptors (Lipinski definition) is 5. The lowest BCUT2D eigenvalue weighted by Crippen LogP contribution is -2.46. The van der Waals surface area contributed by atoms with Crippen LogP contribution in [0.2, 0.25) is 0 Å². The van der Waals surface area contributed by atoms with Crippen LogP contribution in [0.1, 0.15) is 258 Å². The first-order valence-corrected chi connectivity index (χ1v) is 27.2. The third kappa shape index (κ3) is 45.9. The van der Waals surface area contributed by atoms with Gasteiger partial charge >= 0.3 is 5.97 Å². The smallest absolute Gasteiger partial charge is 0.306 e. The Morgan fingerprint density at radius 3 is 1.33 bits per heavy atom. The van der Waals surface area contributed by atoms with Crippen molar-refractivity contribution >= 4 is 11.9 Å². The van der Waals surface area contributed by atoms with Crippen LogP contribution >= 0.6 is 0 Å². The molecule has 0 radical (unpaired) electrons. The number of unbranched alkanes of at least 4 members (excludes halogenated alkanes) is 25. The highest BCUT2D eigenvalue weighted by Crippen LogP contribution is 2.17. The molecule has 0 heterocycles. The van der Waals surface area contributed by atoms with Crippen LogP contribution in [0.25, 0.3) is 0 Å². The monoisotopic (exact) mass is 894 g/mol. The minimum Gasteiger partial charge on any atom is -0.462 e. The third-order valence-corrected chi connectivity index (χ3v) is 12.0. The van der Waals surface area contributed by atoms with Crippen LogP contribution < -0.4 is 5.32 Å². The average Bonchev–Trinajstić information content (AvgIpc) is 3.29. The zero-order valence-electron chi connectivity index (χ0n) is 42.1. The van der Waals surface area contributed by atoms with Crippen molar-refractivity contribution in [3.05, 3.63) is 72.9 Å². The summed E-state index contributed by atoms with van der Waals surface area (Å²) in [5, 5.41) is 23.8. The summed E-state index contributed by atoms with van der Waals surface area (Å²) in [6, 6.07) is -0.718. The normalized spacial score (nSPS) is 13.8. The number of rotatable bonds is 48. The number of ether oxygens (including phenoxy) is 1. The molecule has 0 aliphatic heterocycles. The summed E-state index contributed by atoms with van der Waals surface area (Å²) >= 11 is 0. The van der Waals surface area contributed by atoms with Gasteiger partial charge in [-0.25, -0.2) is 0 Å². The quantitative estimate of drug-likeness (QED) is 0.0245. The lowest BCUT2D eigenvalue weighted by atomic mass is 10.0. The van der Waals surface area contributed by atoms with Crippen molar-refractivity contribution in [1.82, 2.24) is 5.32 Å². The maximum atomic E-state index is 13.2. The van der Waals surface area contributed by atoms with Crippen molar-refractivity contribution in [2.45, 2.75) is 277 Å². The van der Waals surface area contributed by atoms with E-state index >= 15 is 0 Å². The van der Waals surface area contributed by atoms with Crippen LogP contribution in [0.3, 0.4) is 0 Å². The van der Waals surface area contributed by atoms with Gasteiger partial charge in [0.15, 0.2) is 0 Å². The van der Waals surface area contributed by atoms with Gasteiger partial charge in [0.25, 0.3) is 0 Å². The molecule has 0 aromatic heterocycles. The van der Waals surface area contributed by atoms with Gasteiger partial charge in [0, 0.05) is 6.42 Å². The summed E-state index contributed by atoms with van der Waals surface area (Å²) in [6.07, 6.45) is 65.3. The van der Waals surface area contributed by atoms with E-state index in [1.54, 1.807) is 0 Å². The molecule has 0 aromatic carbocycles. The number of carbonyl (C=O) groups is 2. The molecule has 0 spiro atoms. The Balaban J connectivity index is 4.64. The highest BCUT2D eigenvalue weighted by molar-refractivity contribution is 5.77. The van der Waals surface area contributed by atoms with Crippen LogP contribution in [0, 0.1) is 0 Å². The van der Waals surface area contributed by atoms with E-state index in [9.17, 15) is 19.8 Å². The van der Waals surface area contributed by atoms with Crippen LogP contribution in [0.5, 0.6) is 0 Å². The highest BCUT2D eigenvalue weighted by atomic mass is 16.5. The van der Waals surface area contributed by atoms with E-state index in [1.807, 2.05) is 0 Å². The van der Waals surface area contributed by atoms with Crippen molar-refractivity contribution in [2.24, 2.45) is 0 Å². The first kappa shape index (κ1) is 61.3. The topological polar surface area (TPSA) is 95.9 Å². The largest absolute Gasteiger partial charge is 0.462 e. The Kier molecular flexibility index (Phi) is 49.1. The maximum Gasteiger partial charge on any atom is 0.306 e. The minimum absolute atomic E-state index is 0.0487. The van der Waals surface area contributed by atoms with Crippen LogP contribution in [-0.4, -0.2) is 46.9 Å². The van der Waals surface area contributed by atoms with Gasteiger partial charge in [-0.05, 0) is 96.3 Å². The summed E-state index contributed by atoms with van der Waals surface area (Å²) in [7, 11) is 0. The maximum absolute atomic E-state index is 13.2. The number of aliphatic hydroxyl groups is 2. The fraction of sp³-hybridized carbons (Fsp3) is 0.759. The van der Waals surface area contributed by atoms with Gasteiger partial charge in [0.05, 0.1) is 25.2 Å². The molecular formula is C58H103NO5. The second-order valence-corrected chi connectivity index (χ2v) is 18.3. The molecule has 0 fully saturated rings. The highest BCUT2D eigenvalue weighted by Gasteiger charge is 2.24. The molecule has 3 N–H and O–H groups in total. The Hall–Kier alpha value is -2.70. The van der Waals surface area contributed by atoms with Gasteiger partial charge in [-0.3, -0.25) is 9.59 Å². The molecule has 0 aliphatic carbocycles.